The van der Waals surface area contributed by atoms with Crippen molar-refractivity contribution in [3.8, 4) is 0 Å². The van der Waals surface area contributed by atoms with Gasteiger partial charge in [-0.15, -0.1) is 0 Å². The summed E-state index contributed by atoms with van der Waals surface area (Å²) in [5, 5.41) is 0. The van der Waals surface area contributed by atoms with Crippen LogP contribution in [0.1, 0.15) is 13.3 Å². The Bertz CT molecular complexity index is 190. The highest BCUT2D eigenvalue weighted by molar-refractivity contribution is 5.07. The zero-order chi connectivity index (χ0) is 5.11. The van der Waals surface area contributed by atoms with Crippen molar-refractivity contribution in [1.29, 1.82) is 0 Å². The van der Waals surface area contributed by atoms with E-state index < -0.39 is 0 Å². The summed E-state index contributed by atoms with van der Waals surface area (Å²) in [5.41, 5.74) is 9.69. The first kappa shape index (κ1) is 4.24. The molecule has 1 aliphatic rings. The molecular formula is C7H6. The molecule has 0 saturated carbocycles. The van der Waals surface area contributed by atoms with Gasteiger partial charge in [0.2, 0.25) is 0 Å². The molecule has 0 aliphatic heterocycles. The molecule has 0 spiro atoms. The van der Waals surface area contributed by atoms with Crippen molar-refractivity contribution in [1.82, 2.24) is 0 Å². The van der Waals surface area contributed by atoms with Gasteiger partial charge in [-0.05, 0) is 24.3 Å². The summed E-state index contributed by atoms with van der Waals surface area (Å²) in [5.74, 6) is 0. The maximum Gasteiger partial charge on any atom is 0.00242 e. The SMILES string of the molecule is CC1=C=C=C=CC1. The van der Waals surface area contributed by atoms with Gasteiger partial charge in [0, 0.05) is 6.42 Å². The normalized spacial score (nSPS) is 14.7. The van der Waals surface area contributed by atoms with E-state index in [9.17, 15) is 0 Å². The Morgan fingerprint density at radius 1 is 1.71 bits per heavy atom. The van der Waals surface area contributed by atoms with Gasteiger partial charge in [0.25, 0.3) is 0 Å². The summed E-state index contributed by atoms with van der Waals surface area (Å²) in [6.45, 7) is 2.03. The predicted molar refractivity (Wildman–Crippen MR) is 28.9 cm³/mol. The van der Waals surface area contributed by atoms with Gasteiger partial charge in [-0.25, -0.2) is 0 Å². The fraction of sp³-hybridized carbons (Fsp3) is 0.286. The fourth-order valence-corrected chi connectivity index (χ4v) is 0.449. The van der Waals surface area contributed by atoms with E-state index in [2.05, 4.69) is 17.2 Å². The molecule has 0 N–H and O–H groups in total. The van der Waals surface area contributed by atoms with Gasteiger partial charge in [0.05, 0.1) is 0 Å². The zero-order valence-corrected chi connectivity index (χ0v) is 4.28. The number of rotatable bonds is 0. The topological polar surface area (TPSA) is 0 Å². The van der Waals surface area contributed by atoms with Crippen LogP contribution in [0.25, 0.3) is 0 Å². The highest BCUT2D eigenvalue weighted by atomic mass is 13.8. The average molecular weight is 90.1 g/mol. The van der Waals surface area contributed by atoms with Gasteiger partial charge in [-0.3, -0.25) is 0 Å². The molecule has 0 aromatic carbocycles. The second-order valence-corrected chi connectivity index (χ2v) is 1.58. The molecule has 7 heavy (non-hydrogen) atoms. The third kappa shape index (κ3) is 0.961. The van der Waals surface area contributed by atoms with E-state index in [-0.39, 0.29) is 0 Å². The minimum Gasteiger partial charge on any atom is -0.0655 e. The van der Waals surface area contributed by atoms with Crippen LogP contribution in [0.3, 0.4) is 0 Å². The van der Waals surface area contributed by atoms with E-state index in [4.69, 9.17) is 0 Å². The molecule has 0 aromatic heterocycles. The monoisotopic (exact) mass is 90.0 g/mol. The predicted octanol–water partition coefficient (Wildman–Crippen LogP) is 1.80. The van der Waals surface area contributed by atoms with E-state index in [1.807, 2.05) is 13.0 Å². The first-order valence-electron chi connectivity index (χ1n) is 2.30. The maximum absolute atomic E-state index is 2.91. The molecule has 0 fully saturated rings. The molecular weight excluding hydrogens is 84.1 g/mol. The fourth-order valence-electron chi connectivity index (χ4n) is 0.449. The molecule has 0 atom stereocenters. The summed E-state index contributed by atoms with van der Waals surface area (Å²) in [4.78, 5) is 0. The lowest BCUT2D eigenvalue weighted by molar-refractivity contribution is 1.22. The van der Waals surface area contributed by atoms with Crippen LogP contribution in [-0.4, -0.2) is 0 Å². The van der Waals surface area contributed by atoms with Crippen LogP contribution in [0, 0.1) is 0 Å². The summed E-state index contributed by atoms with van der Waals surface area (Å²) in [6, 6.07) is 0. The molecule has 0 saturated heterocycles. The molecule has 0 heteroatoms. The van der Waals surface area contributed by atoms with Crippen molar-refractivity contribution in [2.75, 3.05) is 0 Å². The van der Waals surface area contributed by atoms with Crippen LogP contribution < -0.4 is 0 Å². The summed E-state index contributed by atoms with van der Waals surface area (Å²) < 4.78 is 0. The van der Waals surface area contributed by atoms with Gasteiger partial charge in [0.1, 0.15) is 0 Å². The van der Waals surface area contributed by atoms with E-state index in [0.717, 1.165) is 6.42 Å². The lowest BCUT2D eigenvalue weighted by Gasteiger charge is -1.84. The van der Waals surface area contributed by atoms with Crippen molar-refractivity contribution < 1.29 is 0 Å². The molecule has 0 radical (unpaired) electrons. The lowest BCUT2D eigenvalue weighted by Crippen LogP contribution is -1.67. The van der Waals surface area contributed by atoms with Gasteiger partial charge in [0.15, 0.2) is 0 Å². The number of hydrogen-bond donors (Lipinski definition) is 0. The highest BCUT2D eigenvalue weighted by Crippen LogP contribution is 1.98. The van der Waals surface area contributed by atoms with E-state index in [0.29, 0.717) is 0 Å². The Kier molecular flexibility index (Phi) is 1.02. The third-order valence-corrected chi connectivity index (χ3v) is 0.858. The van der Waals surface area contributed by atoms with E-state index in [1.54, 1.807) is 0 Å². The Labute approximate surface area is 43.2 Å². The lowest BCUT2D eigenvalue weighted by atomic mass is 10.2. The molecule has 1 aliphatic carbocycles. The van der Waals surface area contributed by atoms with Crippen molar-refractivity contribution in [3.63, 3.8) is 0 Å². The zero-order valence-electron chi connectivity index (χ0n) is 4.28. The van der Waals surface area contributed by atoms with Crippen LogP contribution in [0.2, 0.25) is 0 Å². The molecule has 1 rings (SSSR count). The minimum atomic E-state index is 0.993. The van der Waals surface area contributed by atoms with Crippen molar-refractivity contribution >= 4 is 0 Å². The Hall–Kier alpha value is -0.920. The smallest absolute Gasteiger partial charge is 0.00242 e. The van der Waals surface area contributed by atoms with E-state index >= 15 is 0 Å². The van der Waals surface area contributed by atoms with Crippen LogP contribution in [-0.2, 0) is 0 Å². The molecule has 0 unspecified atom stereocenters. The standard InChI is InChI=1S/C7H6/c1-7-5-3-2-4-6-7/h3H,5H2,1H3. The summed E-state index contributed by atoms with van der Waals surface area (Å²) >= 11 is 0. The average Bonchev–Trinajstić information content (AvgIpc) is 1.69. The molecule has 0 aromatic rings. The van der Waals surface area contributed by atoms with E-state index in [1.165, 1.54) is 5.57 Å². The van der Waals surface area contributed by atoms with Crippen molar-refractivity contribution in [3.05, 3.63) is 28.8 Å². The first-order chi connectivity index (χ1) is 3.39. The first-order valence-corrected chi connectivity index (χ1v) is 2.30. The van der Waals surface area contributed by atoms with Crippen LogP contribution >= 0.6 is 0 Å². The second kappa shape index (κ2) is 1.69. The van der Waals surface area contributed by atoms with Crippen LogP contribution in [0.15, 0.2) is 28.8 Å². The van der Waals surface area contributed by atoms with Crippen LogP contribution in [0.5, 0.6) is 0 Å². The molecule has 0 nitrogen and oxygen atoms in total. The maximum atomic E-state index is 2.91. The number of hydrogen-bond acceptors (Lipinski definition) is 0. The number of allylic oxidation sites excluding steroid dienone is 2. The van der Waals surface area contributed by atoms with Gasteiger partial charge < -0.3 is 0 Å². The largest absolute Gasteiger partial charge is 0.0655 e. The third-order valence-electron chi connectivity index (χ3n) is 0.858. The molecule has 0 heterocycles. The summed E-state index contributed by atoms with van der Waals surface area (Å²) in [7, 11) is 0. The Morgan fingerprint density at radius 2 is 2.57 bits per heavy atom. The quantitative estimate of drug-likeness (QED) is 0.398. The van der Waals surface area contributed by atoms with Gasteiger partial charge in [-0.2, -0.15) is 0 Å². The summed E-state index contributed by atoms with van der Waals surface area (Å²) in [6.07, 6.45) is 2.94. The Balaban J connectivity index is 3.16. The molecule has 34 valence electrons. The van der Waals surface area contributed by atoms with Crippen molar-refractivity contribution in [2.24, 2.45) is 0 Å². The van der Waals surface area contributed by atoms with Gasteiger partial charge >= 0.3 is 0 Å². The minimum absolute atomic E-state index is 0.993. The molecule has 0 bridgehead atoms. The second-order valence-electron chi connectivity index (χ2n) is 1.58. The molecule has 0 amide bonds. The van der Waals surface area contributed by atoms with Crippen molar-refractivity contribution in [2.45, 2.75) is 13.3 Å². The van der Waals surface area contributed by atoms with Gasteiger partial charge in [-0.1, -0.05) is 11.5 Å². The Morgan fingerprint density at radius 3 is 2.86 bits per heavy atom. The van der Waals surface area contributed by atoms with Crippen LogP contribution in [0.4, 0.5) is 0 Å². The highest BCUT2D eigenvalue weighted by Gasteiger charge is 1.80.